The first-order chi connectivity index (χ1) is 14.6. The summed E-state index contributed by atoms with van der Waals surface area (Å²) in [5.74, 6) is 0. The summed E-state index contributed by atoms with van der Waals surface area (Å²) in [4.78, 5) is 0. The van der Waals surface area contributed by atoms with Crippen LogP contribution in [0, 0.1) is 0 Å². The van der Waals surface area contributed by atoms with Gasteiger partial charge in [0.25, 0.3) is 0 Å². The molecule has 0 bridgehead atoms. The van der Waals surface area contributed by atoms with E-state index in [-0.39, 0.29) is 11.7 Å². The Morgan fingerprint density at radius 2 is 1.30 bits per heavy atom. The quantitative estimate of drug-likeness (QED) is 0.114. The number of ether oxygens (including phenoxy) is 2. The first-order valence-electron chi connectivity index (χ1n) is 13.5. The maximum Gasteiger partial charge on any atom is 0.174 e. The number of hydrogen-bond acceptors (Lipinski definition) is 3. The summed E-state index contributed by atoms with van der Waals surface area (Å²) in [6.45, 7) is 7.63. The highest BCUT2D eigenvalue weighted by atomic mass is 28.3. The van der Waals surface area contributed by atoms with Crippen LogP contribution in [0.2, 0.25) is 13.1 Å². The molecular weight excluding hydrogens is 404 g/mol. The molecule has 1 heterocycles. The minimum atomic E-state index is -1.09. The van der Waals surface area contributed by atoms with Crippen LogP contribution in [0.15, 0.2) is 0 Å². The molecule has 0 saturated carbocycles. The van der Waals surface area contributed by atoms with Crippen molar-refractivity contribution >= 4 is 19.3 Å². The highest BCUT2D eigenvalue weighted by Gasteiger charge is 2.32. The predicted molar refractivity (Wildman–Crippen MR) is 137 cm³/mol. The van der Waals surface area contributed by atoms with Gasteiger partial charge in [0.15, 0.2) is 15.3 Å². The maximum atomic E-state index is 6.36. The van der Waals surface area contributed by atoms with Crippen molar-refractivity contribution in [1.29, 1.82) is 0 Å². The fraction of sp³-hybridized carbons (Fsp3) is 1.00. The largest absolute Gasteiger partial charge is 0.396 e. The van der Waals surface area contributed by atoms with Crippen LogP contribution >= 0.6 is 0 Å². The van der Waals surface area contributed by atoms with Crippen LogP contribution in [-0.4, -0.2) is 37.6 Å². The average Bonchev–Trinajstić information content (AvgIpc) is 2.70. The average molecular weight is 459 g/mol. The molecule has 0 aromatic carbocycles. The van der Waals surface area contributed by atoms with E-state index in [9.17, 15) is 0 Å². The molecule has 2 atom stereocenters. The van der Waals surface area contributed by atoms with Crippen molar-refractivity contribution < 1.29 is 13.9 Å². The van der Waals surface area contributed by atoms with Gasteiger partial charge in [-0.25, -0.2) is 0 Å². The molecule has 1 rings (SSSR count). The maximum absolute atomic E-state index is 6.36. The lowest BCUT2D eigenvalue weighted by atomic mass is 10.0. The molecule has 1 fully saturated rings. The van der Waals surface area contributed by atoms with Gasteiger partial charge in [0.1, 0.15) is 5.41 Å². The highest BCUT2D eigenvalue weighted by Crippen LogP contribution is 2.26. The highest BCUT2D eigenvalue weighted by molar-refractivity contribution is 6.48. The molecule has 0 radical (unpaired) electrons. The Morgan fingerprint density at radius 1 is 0.800 bits per heavy atom. The fourth-order valence-corrected chi connectivity index (χ4v) is 6.04. The Bertz CT molecular complexity index is 373. The van der Waals surface area contributed by atoms with Crippen molar-refractivity contribution in [2.45, 2.75) is 154 Å². The molecule has 5 heteroatoms. The molecule has 0 amide bonds. The van der Waals surface area contributed by atoms with Gasteiger partial charge < -0.3 is 13.9 Å². The summed E-state index contributed by atoms with van der Waals surface area (Å²) < 4.78 is 18.5. The lowest BCUT2D eigenvalue weighted by Gasteiger charge is -2.37. The summed E-state index contributed by atoms with van der Waals surface area (Å²) >= 11 is 0. The molecule has 0 spiro atoms. The Hall–Kier alpha value is 0.314. The van der Waals surface area contributed by atoms with E-state index in [1.165, 1.54) is 109 Å². The molecule has 0 aromatic heterocycles. The third-order valence-electron chi connectivity index (χ3n) is 6.28. The fourth-order valence-electron chi connectivity index (χ4n) is 4.42. The minimum Gasteiger partial charge on any atom is -0.396 e. The molecular formula is C25H54O3Si2. The molecule has 2 unspecified atom stereocenters. The van der Waals surface area contributed by atoms with E-state index in [1.807, 2.05) is 0 Å². The van der Waals surface area contributed by atoms with Crippen molar-refractivity contribution in [2.75, 3.05) is 6.61 Å². The number of unbranched alkanes of at least 4 members (excludes halogenated alkanes) is 14. The standard InChI is InChI=1S/C25H54O3Si2/c1-4-5-6-7-8-9-10-11-12-13-14-15-16-17-18-21-24(28-30(2)3)27-25(29)22-19-20-23-26-25/h24,30H,4-23H2,1-3,29H3. The zero-order valence-electron chi connectivity index (χ0n) is 21.0. The van der Waals surface area contributed by atoms with Gasteiger partial charge in [-0.1, -0.05) is 96.8 Å². The first kappa shape index (κ1) is 28.3. The van der Waals surface area contributed by atoms with Gasteiger partial charge in [0.2, 0.25) is 0 Å². The predicted octanol–water partition coefficient (Wildman–Crippen LogP) is 6.81. The van der Waals surface area contributed by atoms with Crippen molar-refractivity contribution in [1.82, 2.24) is 0 Å². The van der Waals surface area contributed by atoms with Crippen LogP contribution in [0.1, 0.15) is 129 Å². The van der Waals surface area contributed by atoms with Crippen LogP contribution in [0.4, 0.5) is 0 Å². The van der Waals surface area contributed by atoms with Crippen LogP contribution in [0.3, 0.4) is 0 Å². The van der Waals surface area contributed by atoms with Crippen molar-refractivity contribution in [3.05, 3.63) is 0 Å². The zero-order chi connectivity index (χ0) is 21.9. The normalized spacial score (nSPS) is 20.8. The van der Waals surface area contributed by atoms with E-state index in [0.717, 1.165) is 29.7 Å². The molecule has 3 nitrogen and oxygen atoms in total. The monoisotopic (exact) mass is 458 g/mol. The molecule has 0 aliphatic carbocycles. The molecule has 180 valence electrons. The summed E-state index contributed by atoms with van der Waals surface area (Å²) in [5.41, 5.74) is -0.290. The van der Waals surface area contributed by atoms with Gasteiger partial charge >= 0.3 is 0 Å². The SMILES string of the molecule is CCCCCCCCCCCCCCCCCC(O[SiH](C)C)OC1([SiH3])CCCCO1. The second-order valence-electron chi connectivity index (χ2n) is 9.91. The smallest absolute Gasteiger partial charge is 0.174 e. The van der Waals surface area contributed by atoms with Gasteiger partial charge in [-0.2, -0.15) is 0 Å². The third kappa shape index (κ3) is 16.0. The van der Waals surface area contributed by atoms with Gasteiger partial charge in [0, 0.05) is 6.61 Å². The van der Waals surface area contributed by atoms with E-state index in [2.05, 4.69) is 20.0 Å². The molecule has 0 N–H and O–H groups in total. The summed E-state index contributed by atoms with van der Waals surface area (Å²) in [6.07, 6.45) is 25.6. The molecule has 1 saturated heterocycles. The summed E-state index contributed by atoms with van der Waals surface area (Å²) in [6, 6.07) is 0. The molecule has 30 heavy (non-hydrogen) atoms. The molecule has 1 aliphatic rings. The minimum absolute atomic E-state index is 0.0331. The second kappa shape index (κ2) is 18.8. The Balaban J connectivity index is 1.96. The van der Waals surface area contributed by atoms with Crippen LogP contribution < -0.4 is 0 Å². The van der Waals surface area contributed by atoms with Crippen molar-refractivity contribution in [2.24, 2.45) is 0 Å². The topological polar surface area (TPSA) is 27.7 Å². The Morgan fingerprint density at radius 3 is 1.73 bits per heavy atom. The second-order valence-corrected chi connectivity index (χ2v) is 13.8. The van der Waals surface area contributed by atoms with E-state index >= 15 is 0 Å². The Labute approximate surface area is 193 Å². The first-order valence-corrected chi connectivity index (χ1v) is 17.3. The van der Waals surface area contributed by atoms with E-state index in [1.54, 1.807) is 0 Å². The number of rotatable bonds is 20. The van der Waals surface area contributed by atoms with E-state index in [4.69, 9.17) is 13.9 Å². The van der Waals surface area contributed by atoms with Crippen LogP contribution in [0.5, 0.6) is 0 Å². The number of hydrogen-bond donors (Lipinski definition) is 0. The van der Waals surface area contributed by atoms with Gasteiger partial charge in [-0.3, -0.25) is 0 Å². The van der Waals surface area contributed by atoms with Crippen molar-refractivity contribution in [3.63, 3.8) is 0 Å². The van der Waals surface area contributed by atoms with E-state index < -0.39 is 9.04 Å². The summed E-state index contributed by atoms with van der Waals surface area (Å²) in [5, 5.41) is 0. The van der Waals surface area contributed by atoms with Gasteiger partial charge in [0.05, 0.1) is 10.2 Å². The summed E-state index contributed by atoms with van der Waals surface area (Å²) in [7, 11) is -0.160. The Kier molecular flexibility index (Phi) is 17.8. The van der Waals surface area contributed by atoms with Crippen LogP contribution in [-0.2, 0) is 13.9 Å². The lowest BCUT2D eigenvalue weighted by Crippen LogP contribution is -2.44. The molecule has 1 aliphatic heterocycles. The van der Waals surface area contributed by atoms with E-state index in [0.29, 0.717) is 0 Å². The van der Waals surface area contributed by atoms with Gasteiger partial charge in [-0.15, -0.1) is 0 Å². The van der Waals surface area contributed by atoms with Crippen LogP contribution in [0.25, 0.3) is 0 Å². The van der Waals surface area contributed by atoms with Crippen molar-refractivity contribution in [3.8, 4) is 0 Å². The zero-order valence-corrected chi connectivity index (χ0v) is 24.2. The van der Waals surface area contributed by atoms with Gasteiger partial charge in [-0.05, 0) is 45.2 Å². The third-order valence-corrected chi connectivity index (χ3v) is 8.15. The molecule has 0 aromatic rings. The lowest BCUT2D eigenvalue weighted by molar-refractivity contribution is -0.262.